The van der Waals surface area contributed by atoms with Gasteiger partial charge in [0.15, 0.2) is 0 Å². The van der Waals surface area contributed by atoms with Crippen LogP contribution in [0.15, 0.2) is 30.5 Å². The molecule has 1 atom stereocenters. The first-order valence-electron chi connectivity index (χ1n) is 8.10. The summed E-state index contributed by atoms with van der Waals surface area (Å²) in [6.45, 7) is 4.58. The largest absolute Gasteiger partial charge is 0.337 e. The molecule has 124 valence electrons. The highest BCUT2D eigenvalue weighted by atomic mass is 16.2. The molecule has 1 aromatic heterocycles. The molecule has 1 unspecified atom stereocenters. The topological polar surface area (TPSA) is 86.8 Å². The van der Waals surface area contributed by atoms with Gasteiger partial charge in [-0.25, -0.2) is 0 Å². The van der Waals surface area contributed by atoms with E-state index in [9.17, 15) is 4.79 Å². The minimum absolute atomic E-state index is 0.113. The predicted molar refractivity (Wildman–Crippen MR) is 87.5 cm³/mol. The summed E-state index contributed by atoms with van der Waals surface area (Å²) in [4.78, 5) is 16.0. The van der Waals surface area contributed by atoms with E-state index in [0.29, 0.717) is 18.7 Å². The SMILES string of the molecule is CCn1ncc(CNC2CCN(Cc3ccc(C#N)cc3)C2=O)n1. The van der Waals surface area contributed by atoms with Crippen molar-refractivity contribution < 1.29 is 4.79 Å². The van der Waals surface area contributed by atoms with Gasteiger partial charge in [0.2, 0.25) is 5.91 Å². The maximum atomic E-state index is 12.5. The zero-order valence-electron chi connectivity index (χ0n) is 13.6. The van der Waals surface area contributed by atoms with Crippen LogP contribution in [0.1, 0.15) is 30.2 Å². The van der Waals surface area contributed by atoms with E-state index in [1.165, 1.54) is 0 Å². The second-order valence-corrected chi connectivity index (χ2v) is 5.82. The molecule has 24 heavy (non-hydrogen) atoms. The third kappa shape index (κ3) is 3.60. The number of carbonyl (C=O) groups is 1. The monoisotopic (exact) mass is 324 g/mol. The Kier molecular flexibility index (Phi) is 4.87. The Balaban J connectivity index is 1.53. The fraction of sp³-hybridized carbons (Fsp3) is 0.412. The number of benzene rings is 1. The van der Waals surface area contributed by atoms with Crippen LogP contribution in [0.25, 0.3) is 0 Å². The molecule has 0 spiro atoms. The van der Waals surface area contributed by atoms with Crippen molar-refractivity contribution in [2.24, 2.45) is 0 Å². The molecule has 2 heterocycles. The zero-order valence-corrected chi connectivity index (χ0v) is 13.6. The minimum Gasteiger partial charge on any atom is -0.337 e. The molecule has 1 aliphatic heterocycles. The third-order valence-corrected chi connectivity index (χ3v) is 4.15. The summed E-state index contributed by atoms with van der Waals surface area (Å²) in [5.41, 5.74) is 2.51. The number of hydrogen-bond acceptors (Lipinski definition) is 5. The van der Waals surface area contributed by atoms with Crippen molar-refractivity contribution in [1.29, 1.82) is 5.26 Å². The minimum atomic E-state index is -0.171. The number of amides is 1. The Bertz CT molecular complexity index is 745. The van der Waals surface area contributed by atoms with Crippen LogP contribution in [0.4, 0.5) is 0 Å². The number of nitriles is 1. The third-order valence-electron chi connectivity index (χ3n) is 4.15. The van der Waals surface area contributed by atoms with Gasteiger partial charge >= 0.3 is 0 Å². The molecule has 0 bridgehead atoms. The number of aryl methyl sites for hydroxylation is 1. The number of nitrogens with one attached hydrogen (secondary N) is 1. The van der Waals surface area contributed by atoms with Crippen molar-refractivity contribution in [1.82, 2.24) is 25.2 Å². The molecule has 1 fully saturated rings. The fourth-order valence-electron chi connectivity index (χ4n) is 2.78. The van der Waals surface area contributed by atoms with Gasteiger partial charge in [-0.2, -0.15) is 20.3 Å². The van der Waals surface area contributed by atoms with E-state index in [1.807, 2.05) is 24.0 Å². The van der Waals surface area contributed by atoms with Crippen LogP contribution in [-0.4, -0.2) is 38.4 Å². The van der Waals surface area contributed by atoms with E-state index in [-0.39, 0.29) is 11.9 Å². The lowest BCUT2D eigenvalue weighted by Gasteiger charge is -2.17. The first-order valence-corrected chi connectivity index (χ1v) is 8.10. The van der Waals surface area contributed by atoms with Crippen LogP contribution in [-0.2, 0) is 24.4 Å². The molecular weight excluding hydrogens is 304 g/mol. The Morgan fingerprint density at radius 3 is 2.83 bits per heavy atom. The van der Waals surface area contributed by atoms with Gasteiger partial charge in [0.1, 0.15) is 0 Å². The molecule has 0 radical (unpaired) electrons. The zero-order chi connectivity index (χ0) is 16.9. The van der Waals surface area contributed by atoms with E-state index in [2.05, 4.69) is 21.6 Å². The molecule has 0 saturated carbocycles. The average Bonchev–Trinajstić information content (AvgIpc) is 3.21. The summed E-state index contributed by atoms with van der Waals surface area (Å²) in [6.07, 6.45) is 2.52. The lowest BCUT2D eigenvalue weighted by atomic mass is 10.1. The van der Waals surface area contributed by atoms with Gasteiger partial charge in [-0.05, 0) is 31.0 Å². The molecule has 1 aromatic carbocycles. The lowest BCUT2D eigenvalue weighted by Crippen LogP contribution is -2.37. The van der Waals surface area contributed by atoms with Crippen LogP contribution in [0, 0.1) is 11.3 Å². The van der Waals surface area contributed by atoms with Crippen LogP contribution in [0.5, 0.6) is 0 Å². The lowest BCUT2D eigenvalue weighted by molar-refractivity contribution is -0.129. The quantitative estimate of drug-likeness (QED) is 0.858. The second-order valence-electron chi connectivity index (χ2n) is 5.82. The highest BCUT2D eigenvalue weighted by Crippen LogP contribution is 2.16. The summed E-state index contributed by atoms with van der Waals surface area (Å²) in [5, 5.41) is 20.5. The van der Waals surface area contributed by atoms with Gasteiger partial charge < -0.3 is 4.90 Å². The molecule has 1 N–H and O–H groups in total. The maximum absolute atomic E-state index is 12.5. The van der Waals surface area contributed by atoms with Crippen LogP contribution in [0.3, 0.4) is 0 Å². The standard InChI is InChI=1S/C17H20N6O/c1-2-23-20-11-15(21-23)10-19-16-7-8-22(17(16)24)12-14-5-3-13(9-18)4-6-14/h3-6,11,16,19H,2,7-8,10,12H2,1H3. The van der Waals surface area contributed by atoms with Crippen LogP contribution < -0.4 is 5.32 Å². The number of aromatic nitrogens is 3. The molecule has 2 aromatic rings. The number of hydrogen-bond donors (Lipinski definition) is 1. The average molecular weight is 324 g/mol. The summed E-state index contributed by atoms with van der Waals surface area (Å²) in [6, 6.07) is 9.29. The number of carbonyl (C=O) groups excluding carboxylic acids is 1. The van der Waals surface area contributed by atoms with Crippen molar-refractivity contribution in [2.45, 2.75) is 39.0 Å². The van der Waals surface area contributed by atoms with Crippen molar-refractivity contribution in [3.8, 4) is 6.07 Å². The van der Waals surface area contributed by atoms with Crippen molar-refractivity contribution in [2.75, 3.05) is 6.54 Å². The fourth-order valence-corrected chi connectivity index (χ4v) is 2.78. The number of likely N-dealkylation sites (tertiary alicyclic amines) is 1. The normalized spacial score (nSPS) is 17.2. The van der Waals surface area contributed by atoms with Gasteiger partial charge in [0.05, 0.1) is 36.1 Å². The smallest absolute Gasteiger partial charge is 0.240 e. The highest BCUT2D eigenvalue weighted by molar-refractivity contribution is 5.83. The molecule has 3 rings (SSSR count). The summed E-state index contributed by atoms with van der Waals surface area (Å²) < 4.78 is 0. The maximum Gasteiger partial charge on any atom is 0.240 e. The van der Waals surface area contributed by atoms with Crippen LogP contribution >= 0.6 is 0 Å². The Labute approximate surface area is 140 Å². The molecule has 1 amide bonds. The van der Waals surface area contributed by atoms with Gasteiger partial charge in [-0.3, -0.25) is 10.1 Å². The summed E-state index contributed by atoms with van der Waals surface area (Å²) in [5.74, 6) is 0.113. The molecular formula is C17H20N6O. The summed E-state index contributed by atoms with van der Waals surface area (Å²) >= 11 is 0. The Morgan fingerprint density at radius 1 is 1.38 bits per heavy atom. The van der Waals surface area contributed by atoms with E-state index >= 15 is 0 Å². The first kappa shape index (κ1) is 16.1. The van der Waals surface area contributed by atoms with Gasteiger partial charge in [0, 0.05) is 19.6 Å². The van der Waals surface area contributed by atoms with Gasteiger partial charge in [0.25, 0.3) is 0 Å². The van der Waals surface area contributed by atoms with E-state index in [1.54, 1.807) is 23.1 Å². The van der Waals surface area contributed by atoms with E-state index in [0.717, 1.165) is 30.8 Å². The molecule has 0 aliphatic carbocycles. The number of nitrogens with zero attached hydrogens (tertiary/aromatic N) is 5. The van der Waals surface area contributed by atoms with Crippen molar-refractivity contribution in [3.63, 3.8) is 0 Å². The van der Waals surface area contributed by atoms with Crippen molar-refractivity contribution >= 4 is 5.91 Å². The van der Waals surface area contributed by atoms with Gasteiger partial charge in [-0.1, -0.05) is 12.1 Å². The Hall–Kier alpha value is -2.72. The number of rotatable bonds is 6. The van der Waals surface area contributed by atoms with Crippen LogP contribution in [0.2, 0.25) is 0 Å². The molecule has 7 heteroatoms. The van der Waals surface area contributed by atoms with Gasteiger partial charge in [-0.15, -0.1) is 0 Å². The predicted octanol–water partition coefficient (Wildman–Crippen LogP) is 1.06. The summed E-state index contributed by atoms with van der Waals surface area (Å²) in [7, 11) is 0. The molecule has 7 nitrogen and oxygen atoms in total. The first-order chi connectivity index (χ1) is 11.7. The molecule has 1 saturated heterocycles. The second kappa shape index (κ2) is 7.23. The van der Waals surface area contributed by atoms with E-state index in [4.69, 9.17) is 5.26 Å². The highest BCUT2D eigenvalue weighted by Gasteiger charge is 2.31. The van der Waals surface area contributed by atoms with E-state index < -0.39 is 0 Å². The molecule has 1 aliphatic rings. The Morgan fingerprint density at radius 2 is 2.17 bits per heavy atom. The van der Waals surface area contributed by atoms with Crippen molar-refractivity contribution in [3.05, 3.63) is 47.3 Å².